The lowest BCUT2D eigenvalue weighted by atomic mass is 10.0. The van der Waals surface area contributed by atoms with Crippen molar-refractivity contribution >= 4 is 22.9 Å². The summed E-state index contributed by atoms with van der Waals surface area (Å²) in [5, 5.41) is 3.57. The monoisotopic (exact) mass is 376 g/mol. The van der Waals surface area contributed by atoms with Gasteiger partial charge in [-0.2, -0.15) is 0 Å². The molecule has 0 amide bonds. The van der Waals surface area contributed by atoms with Crippen molar-refractivity contribution in [3.63, 3.8) is 0 Å². The van der Waals surface area contributed by atoms with Gasteiger partial charge in [-0.1, -0.05) is 24.3 Å². The third-order valence-electron chi connectivity index (χ3n) is 5.22. The first-order valence-corrected chi connectivity index (χ1v) is 9.71. The zero-order chi connectivity index (χ0) is 19.3. The molecule has 0 radical (unpaired) electrons. The van der Waals surface area contributed by atoms with Crippen molar-refractivity contribution in [3.8, 4) is 0 Å². The summed E-state index contributed by atoms with van der Waals surface area (Å²) in [6, 6.07) is 21.5. The minimum Gasteiger partial charge on any atom is -0.369 e. The number of aromatic nitrogens is 1. The number of hydrogen-bond donors (Lipinski definition) is 1. The number of halogens is 1. The lowest BCUT2D eigenvalue weighted by molar-refractivity contribution is 0.527. The van der Waals surface area contributed by atoms with Crippen LogP contribution < -0.4 is 15.1 Å². The van der Waals surface area contributed by atoms with Crippen LogP contribution in [0.15, 0.2) is 72.9 Å². The first kappa shape index (κ1) is 18.3. The Morgan fingerprint density at radius 3 is 2.71 bits per heavy atom. The van der Waals surface area contributed by atoms with Gasteiger partial charge >= 0.3 is 0 Å². The summed E-state index contributed by atoms with van der Waals surface area (Å²) in [6.45, 7) is 1.79. The van der Waals surface area contributed by atoms with Crippen molar-refractivity contribution in [1.29, 1.82) is 0 Å². The maximum atomic E-state index is 13.6. The Morgan fingerprint density at radius 2 is 1.89 bits per heavy atom. The number of anilines is 4. The van der Waals surface area contributed by atoms with Gasteiger partial charge in [0.2, 0.25) is 0 Å². The smallest absolute Gasteiger partial charge is 0.128 e. The maximum absolute atomic E-state index is 13.6. The van der Waals surface area contributed by atoms with E-state index < -0.39 is 0 Å². The van der Waals surface area contributed by atoms with Crippen molar-refractivity contribution in [2.75, 3.05) is 35.3 Å². The zero-order valence-corrected chi connectivity index (χ0v) is 16.1. The Kier molecular flexibility index (Phi) is 5.42. The van der Waals surface area contributed by atoms with E-state index in [1.165, 1.54) is 6.07 Å². The molecule has 1 aromatic heterocycles. The van der Waals surface area contributed by atoms with E-state index in [0.717, 1.165) is 48.8 Å². The third kappa shape index (κ3) is 4.25. The molecule has 1 aliphatic heterocycles. The quantitative estimate of drug-likeness (QED) is 0.674. The van der Waals surface area contributed by atoms with Gasteiger partial charge in [-0.05, 0) is 49.2 Å². The van der Waals surface area contributed by atoms with Gasteiger partial charge < -0.3 is 15.1 Å². The van der Waals surface area contributed by atoms with Crippen LogP contribution in [-0.2, 0) is 0 Å². The molecular weight excluding hydrogens is 351 g/mol. The molecule has 4 rings (SSSR count). The number of benzene rings is 2. The Morgan fingerprint density at radius 1 is 1.04 bits per heavy atom. The fourth-order valence-corrected chi connectivity index (χ4v) is 3.72. The second-order valence-electron chi connectivity index (χ2n) is 7.20. The van der Waals surface area contributed by atoms with Gasteiger partial charge in [0.25, 0.3) is 0 Å². The van der Waals surface area contributed by atoms with E-state index in [0.29, 0.717) is 0 Å². The summed E-state index contributed by atoms with van der Waals surface area (Å²) in [5.41, 5.74) is 3.16. The Labute approximate surface area is 165 Å². The first-order valence-electron chi connectivity index (χ1n) is 9.71. The molecule has 0 unspecified atom stereocenters. The minimum atomic E-state index is -0.189. The molecule has 144 valence electrons. The summed E-state index contributed by atoms with van der Waals surface area (Å²) in [4.78, 5) is 8.89. The molecule has 5 heteroatoms. The van der Waals surface area contributed by atoms with Crippen LogP contribution in [0, 0.1) is 5.82 Å². The van der Waals surface area contributed by atoms with Crippen molar-refractivity contribution < 1.29 is 4.39 Å². The molecule has 2 heterocycles. The number of hydrogen-bond acceptors (Lipinski definition) is 4. The number of pyridine rings is 1. The summed E-state index contributed by atoms with van der Waals surface area (Å²) >= 11 is 0. The summed E-state index contributed by atoms with van der Waals surface area (Å²) < 4.78 is 13.6. The van der Waals surface area contributed by atoms with Crippen LogP contribution in [0.2, 0.25) is 0 Å². The molecule has 1 aliphatic rings. The van der Waals surface area contributed by atoms with E-state index in [1.807, 2.05) is 36.5 Å². The molecule has 1 N–H and O–H groups in total. The second kappa shape index (κ2) is 8.30. The second-order valence-corrected chi connectivity index (χ2v) is 7.20. The molecule has 3 aromatic rings. The highest BCUT2D eigenvalue weighted by Crippen LogP contribution is 2.26. The van der Waals surface area contributed by atoms with E-state index in [1.54, 1.807) is 12.1 Å². The number of nitrogens with zero attached hydrogens (tertiary/aromatic N) is 3. The van der Waals surface area contributed by atoms with Crippen LogP contribution >= 0.6 is 0 Å². The maximum Gasteiger partial charge on any atom is 0.128 e. The average Bonchev–Trinajstić information content (AvgIpc) is 2.74. The van der Waals surface area contributed by atoms with Gasteiger partial charge in [0.05, 0.1) is 0 Å². The van der Waals surface area contributed by atoms with E-state index in [-0.39, 0.29) is 11.9 Å². The molecular formula is C23H25FN4. The van der Waals surface area contributed by atoms with E-state index >= 15 is 0 Å². The Balaban J connectivity index is 1.45. The highest BCUT2D eigenvalue weighted by Gasteiger charge is 2.21. The normalized spacial score (nSPS) is 16.6. The molecule has 2 aromatic carbocycles. The van der Waals surface area contributed by atoms with Crippen LogP contribution in [0.3, 0.4) is 0 Å². The number of para-hydroxylation sites is 1. The van der Waals surface area contributed by atoms with Gasteiger partial charge in [0.15, 0.2) is 0 Å². The molecule has 0 spiro atoms. The van der Waals surface area contributed by atoms with E-state index in [9.17, 15) is 4.39 Å². The Bertz CT molecular complexity index is 915. The van der Waals surface area contributed by atoms with Crippen LogP contribution in [0.25, 0.3) is 0 Å². The predicted molar refractivity (Wildman–Crippen MR) is 114 cm³/mol. The molecule has 1 saturated heterocycles. The number of piperidine rings is 1. The number of nitrogens with one attached hydrogen (secondary N) is 1. The molecule has 1 fully saturated rings. The first-order chi connectivity index (χ1) is 13.7. The summed E-state index contributed by atoms with van der Waals surface area (Å²) in [7, 11) is 2.06. The topological polar surface area (TPSA) is 31.4 Å². The molecule has 0 saturated carbocycles. The summed E-state index contributed by atoms with van der Waals surface area (Å²) in [5.74, 6) is 0.678. The average molecular weight is 376 g/mol. The number of rotatable bonds is 5. The largest absolute Gasteiger partial charge is 0.369 e. The lowest BCUT2D eigenvalue weighted by Crippen LogP contribution is -2.42. The van der Waals surface area contributed by atoms with Crippen molar-refractivity contribution in [2.24, 2.45) is 0 Å². The molecule has 0 aliphatic carbocycles. The van der Waals surface area contributed by atoms with E-state index in [2.05, 4.69) is 45.3 Å². The van der Waals surface area contributed by atoms with E-state index in [4.69, 9.17) is 0 Å². The molecule has 28 heavy (non-hydrogen) atoms. The fraction of sp³-hybridized carbons (Fsp3) is 0.261. The zero-order valence-electron chi connectivity index (χ0n) is 16.1. The highest BCUT2D eigenvalue weighted by molar-refractivity contribution is 5.65. The summed E-state index contributed by atoms with van der Waals surface area (Å²) in [6.07, 6.45) is 3.98. The fourth-order valence-electron chi connectivity index (χ4n) is 3.72. The minimum absolute atomic E-state index is 0.189. The van der Waals surface area contributed by atoms with Gasteiger partial charge in [-0.25, -0.2) is 9.37 Å². The molecule has 0 bridgehead atoms. The van der Waals surface area contributed by atoms with Crippen molar-refractivity contribution in [1.82, 2.24) is 4.98 Å². The van der Waals surface area contributed by atoms with Gasteiger partial charge in [-0.15, -0.1) is 0 Å². The van der Waals surface area contributed by atoms with Crippen molar-refractivity contribution in [2.45, 2.75) is 18.9 Å². The van der Waals surface area contributed by atoms with Gasteiger partial charge in [-0.3, -0.25) is 0 Å². The standard InChI is InChI=1S/C23H25FN4/c1-27(20-9-3-2-4-10-20)21-12-13-25-23(16-21)26-19-8-6-14-28(17-19)22-11-5-7-18(24)15-22/h2-5,7,9-13,15-16,19H,6,8,14,17H2,1H3,(H,25,26)/t19-/m1/s1. The van der Waals surface area contributed by atoms with Crippen LogP contribution in [0.1, 0.15) is 12.8 Å². The Hall–Kier alpha value is -3.08. The molecule has 4 nitrogen and oxygen atoms in total. The van der Waals surface area contributed by atoms with Crippen LogP contribution in [-0.4, -0.2) is 31.2 Å². The highest BCUT2D eigenvalue weighted by atomic mass is 19.1. The third-order valence-corrected chi connectivity index (χ3v) is 5.22. The molecule has 1 atom stereocenters. The van der Waals surface area contributed by atoms with Crippen molar-refractivity contribution in [3.05, 3.63) is 78.7 Å². The lowest BCUT2D eigenvalue weighted by Gasteiger charge is -2.35. The van der Waals surface area contributed by atoms with Crippen LogP contribution in [0.5, 0.6) is 0 Å². The van der Waals surface area contributed by atoms with Gasteiger partial charge in [0, 0.05) is 55.5 Å². The predicted octanol–water partition coefficient (Wildman–Crippen LogP) is 5.07. The van der Waals surface area contributed by atoms with Gasteiger partial charge in [0.1, 0.15) is 11.6 Å². The van der Waals surface area contributed by atoms with Crippen LogP contribution in [0.4, 0.5) is 27.3 Å². The SMILES string of the molecule is CN(c1ccccc1)c1ccnc(N[C@@H]2CCCN(c3cccc(F)c3)C2)c1.